The Balaban J connectivity index is 2.13. The maximum Gasteiger partial charge on any atom is 0.140 e. The van der Waals surface area contributed by atoms with Gasteiger partial charge in [0.15, 0.2) is 0 Å². The van der Waals surface area contributed by atoms with Gasteiger partial charge in [-0.1, -0.05) is 22.0 Å². The van der Waals surface area contributed by atoms with Crippen molar-refractivity contribution in [1.82, 2.24) is 0 Å². The molecule has 0 spiro atoms. The maximum atomic E-state index is 13.2. The number of rotatable bonds is 3. The molecule has 0 unspecified atom stereocenters. The highest BCUT2D eigenvalue weighted by atomic mass is 79.9. The molecule has 0 fully saturated rings. The SMILES string of the molecule is N#Cc1cc(CSc2ccc(Br)cc2N)ccc1F. The van der Waals surface area contributed by atoms with Crippen LogP contribution in [-0.2, 0) is 5.75 Å². The largest absolute Gasteiger partial charge is 0.398 e. The highest BCUT2D eigenvalue weighted by molar-refractivity contribution is 9.10. The first-order chi connectivity index (χ1) is 9.10. The van der Waals surface area contributed by atoms with Crippen molar-refractivity contribution in [2.24, 2.45) is 0 Å². The number of hydrogen-bond donors (Lipinski definition) is 1. The predicted molar refractivity (Wildman–Crippen MR) is 79.2 cm³/mol. The summed E-state index contributed by atoms with van der Waals surface area (Å²) in [5, 5.41) is 8.78. The Bertz CT molecular complexity index is 652. The minimum atomic E-state index is -0.487. The zero-order valence-electron chi connectivity index (χ0n) is 9.86. The van der Waals surface area contributed by atoms with Crippen molar-refractivity contribution in [3.8, 4) is 6.07 Å². The fourth-order valence-corrected chi connectivity index (χ4v) is 2.83. The second-order valence-corrected chi connectivity index (χ2v) is 5.83. The van der Waals surface area contributed by atoms with Gasteiger partial charge in [-0.25, -0.2) is 4.39 Å². The van der Waals surface area contributed by atoms with Gasteiger partial charge in [0.05, 0.1) is 5.56 Å². The predicted octanol–water partition coefficient (Wildman–Crippen LogP) is 4.33. The minimum Gasteiger partial charge on any atom is -0.398 e. The van der Waals surface area contributed by atoms with Crippen molar-refractivity contribution in [1.29, 1.82) is 5.26 Å². The number of halogens is 2. The lowest BCUT2D eigenvalue weighted by atomic mass is 10.1. The summed E-state index contributed by atoms with van der Waals surface area (Å²) >= 11 is 4.91. The molecule has 0 aliphatic carbocycles. The van der Waals surface area contributed by atoms with E-state index in [0.29, 0.717) is 11.4 Å². The third kappa shape index (κ3) is 3.49. The van der Waals surface area contributed by atoms with Crippen molar-refractivity contribution >= 4 is 33.4 Å². The molecule has 2 aromatic rings. The molecule has 2 N–H and O–H groups in total. The molecule has 2 rings (SSSR count). The first-order valence-corrected chi connectivity index (χ1v) is 7.24. The van der Waals surface area contributed by atoms with Crippen LogP contribution in [0.5, 0.6) is 0 Å². The number of nitrogens with two attached hydrogens (primary N) is 1. The van der Waals surface area contributed by atoms with Crippen LogP contribution in [0.1, 0.15) is 11.1 Å². The van der Waals surface area contributed by atoms with E-state index in [1.165, 1.54) is 6.07 Å². The Morgan fingerprint density at radius 1 is 1.26 bits per heavy atom. The number of hydrogen-bond acceptors (Lipinski definition) is 3. The first kappa shape index (κ1) is 13.9. The molecule has 0 saturated heterocycles. The van der Waals surface area contributed by atoms with Crippen molar-refractivity contribution < 1.29 is 4.39 Å². The van der Waals surface area contributed by atoms with Crippen LogP contribution in [0.15, 0.2) is 45.8 Å². The summed E-state index contributed by atoms with van der Waals surface area (Å²) in [7, 11) is 0. The van der Waals surface area contributed by atoms with E-state index in [0.717, 1.165) is 14.9 Å². The molecule has 2 aromatic carbocycles. The summed E-state index contributed by atoms with van der Waals surface area (Å²) in [6.45, 7) is 0. The topological polar surface area (TPSA) is 49.8 Å². The van der Waals surface area contributed by atoms with E-state index in [4.69, 9.17) is 11.0 Å². The van der Waals surface area contributed by atoms with Gasteiger partial charge in [0, 0.05) is 20.8 Å². The van der Waals surface area contributed by atoms with Gasteiger partial charge >= 0.3 is 0 Å². The van der Waals surface area contributed by atoms with Gasteiger partial charge in [-0.15, -0.1) is 11.8 Å². The molecule has 96 valence electrons. The van der Waals surface area contributed by atoms with E-state index < -0.39 is 5.82 Å². The van der Waals surface area contributed by atoms with Crippen LogP contribution in [0.2, 0.25) is 0 Å². The second kappa shape index (κ2) is 6.09. The lowest BCUT2D eigenvalue weighted by Gasteiger charge is -2.06. The summed E-state index contributed by atoms with van der Waals surface area (Å²) in [5.41, 5.74) is 7.56. The summed E-state index contributed by atoms with van der Waals surface area (Å²) in [6, 6.07) is 12.1. The van der Waals surface area contributed by atoms with Crippen LogP contribution in [0, 0.1) is 17.1 Å². The summed E-state index contributed by atoms with van der Waals surface area (Å²) in [6.07, 6.45) is 0. The fourth-order valence-electron chi connectivity index (χ4n) is 1.56. The smallest absolute Gasteiger partial charge is 0.140 e. The van der Waals surface area contributed by atoms with Crippen molar-refractivity contribution in [3.63, 3.8) is 0 Å². The van der Waals surface area contributed by atoms with Gasteiger partial charge in [-0.3, -0.25) is 0 Å². The summed E-state index contributed by atoms with van der Waals surface area (Å²) < 4.78 is 14.1. The molecule has 0 aliphatic rings. The molecule has 0 saturated carbocycles. The third-order valence-electron chi connectivity index (χ3n) is 2.52. The Kier molecular flexibility index (Phi) is 4.46. The summed E-state index contributed by atoms with van der Waals surface area (Å²) in [4.78, 5) is 0.964. The van der Waals surface area contributed by atoms with E-state index in [1.807, 2.05) is 24.3 Å². The number of thioether (sulfide) groups is 1. The number of benzene rings is 2. The minimum absolute atomic E-state index is 0.0712. The van der Waals surface area contributed by atoms with E-state index in [-0.39, 0.29) is 5.56 Å². The standard InChI is InChI=1S/C14H10BrFN2S/c15-11-2-4-14(13(18)6-11)19-8-9-1-3-12(16)10(5-9)7-17/h1-6H,8,18H2. The van der Waals surface area contributed by atoms with Gasteiger partial charge in [0.1, 0.15) is 11.9 Å². The Morgan fingerprint density at radius 2 is 2.05 bits per heavy atom. The number of nitrogens with zero attached hydrogens (tertiary/aromatic N) is 1. The Morgan fingerprint density at radius 3 is 2.74 bits per heavy atom. The monoisotopic (exact) mass is 336 g/mol. The number of nitriles is 1. The molecule has 5 heteroatoms. The molecular weight excluding hydrogens is 327 g/mol. The average Bonchev–Trinajstić information content (AvgIpc) is 2.39. The maximum absolute atomic E-state index is 13.2. The molecule has 0 aliphatic heterocycles. The van der Waals surface area contributed by atoms with E-state index in [1.54, 1.807) is 23.9 Å². The summed E-state index contributed by atoms with van der Waals surface area (Å²) in [5.74, 6) is 0.153. The van der Waals surface area contributed by atoms with Crippen molar-refractivity contribution in [2.75, 3.05) is 5.73 Å². The molecule has 19 heavy (non-hydrogen) atoms. The van der Waals surface area contributed by atoms with Crippen LogP contribution in [-0.4, -0.2) is 0 Å². The lowest BCUT2D eigenvalue weighted by molar-refractivity contribution is 0.623. The van der Waals surface area contributed by atoms with Crippen LogP contribution in [0.3, 0.4) is 0 Å². The third-order valence-corrected chi connectivity index (χ3v) is 4.17. The second-order valence-electron chi connectivity index (χ2n) is 3.90. The highest BCUT2D eigenvalue weighted by Crippen LogP contribution is 2.30. The molecular formula is C14H10BrFN2S. The van der Waals surface area contributed by atoms with Crippen LogP contribution >= 0.6 is 27.7 Å². The zero-order chi connectivity index (χ0) is 13.8. The normalized spacial score (nSPS) is 10.2. The average molecular weight is 337 g/mol. The quantitative estimate of drug-likeness (QED) is 0.670. The number of anilines is 1. The Hall–Kier alpha value is -1.51. The van der Waals surface area contributed by atoms with E-state index in [9.17, 15) is 4.39 Å². The van der Waals surface area contributed by atoms with Gasteiger partial charge in [-0.2, -0.15) is 5.26 Å². The molecule has 0 atom stereocenters. The molecule has 0 radical (unpaired) electrons. The van der Waals surface area contributed by atoms with Crippen LogP contribution < -0.4 is 5.73 Å². The van der Waals surface area contributed by atoms with E-state index >= 15 is 0 Å². The molecule has 2 nitrogen and oxygen atoms in total. The molecule has 0 aromatic heterocycles. The van der Waals surface area contributed by atoms with Crippen molar-refractivity contribution in [2.45, 2.75) is 10.6 Å². The van der Waals surface area contributed by atoms with Crippen LogP contribution in [0.25, 0.3) is 0 Å². The zero-order valence-corrected chi connectivity index (χ0v) is 12.3. The molecule has 0 heterocycles. The number of nitrogen functional groups attached to an aromatic ring is 1. The Labute approximate surface area is 123 Å². The highest BCUT2D eigenvalue weighted by Gasteiger charge is 2.05. The first-order valence-electron chi connectivity index (χ1n) is 5.46. The van der Waals surface area contributed by atoms with Crippen molar-refractivity contribution in [3.05, 3.63) is 57.8 Å². The van der Waals surface area contributed by atoms with Crippen LogP contribution in [0.4, 0.5) is 10.1 Å². The van der Waals surface area contributed by atoms with Gasteiger partial charge < -0.3 is 5.73 Å². The molecule has 0 bridgehead atoms. The van der Waals surface area contributed by atoms with E-state index in [2.05, 4.69) is 15.9 Å². The van der Waals surface area contributed by atoms with Gasteiger partial charge in [0.2, 0.25) is 0 Å². The molecule has 0 amide bonds. The van der Waals surface area contributed by atoms with Gasteiger partial charge in [-0.05, 0) is 35.9 Å². The van der Waals surface area contributed by atoms with Gasteiger partial charge in [0.25, 0.3) is 0 Å². The fraction of sp³-hybridized carbons (Fsp3) is 0.0714. The lowest BCUT2D eigenvalue weighted by Crippen LogP contribution is -1.90.